The SMILES string of the molecule is CC(=O)SCCC=Cc1c(C)cc(C#N)cc1C. The van der Waals surface area contributed by atoms with Crippen LogP contribution in [0.5, 0.6) is 0 Å². The van der Waals surface area contributed by atoms with Gasteiger partial charge in [0.05, 0.1) is 11.6 Å². The van der Waals surface area contributed by atoms with E-state index in [1.54, 1.807) is 6.92 Å². The van der Waals surface area contributed by atoms with E-state index in [1.165, 1.54) is 17.3 Å². The number of carbonyl (C=O) groups excluding carboxylic acids is 1. The van der Waals surface area contributed by atoms with Crippen molar-refractivity contribution in [2.45, 2.75) is 27.2 Å². The van der Waals surface area contributed by atoms with Gasteiger partial charge in [0.1, 0.15) is 0 Å². The fourth-order valence-electron chi connectivity index (χ4n) is 1.77. The first-order chi connectivity index (χ1) is 8.54. The van der Waals surface area contributed by atoms with Gasteiger partial charge in [-0.1, -0.05) is 23.9 Å². The summed E-state index contributed by atoms with van der Waals surface area (Å²) in [6, 6.07) is 5.96. The van der Waals surface area contributed by atoms with Crippen molar-refractivity contribution in [1.82, 2.24) is 0 Å². The summed E-state index contributed by atoms with van der Waals surface area (Å²) in [7, 11) is 0. The van der Waals surface area contributed by atoms with Gasteiger partial charge in [0.2, 0.25) is 0 Å². The summed E-state index contributed by atoms with van der Waals surface area (Å²) in [5.41, 5.74) is 4.10. The van der Waals surface area contributed by atoms with E-state index in [2.05, 4.69) is 18.2 Å². The van der Waals surface area contributed by atoms with Crippen LogP contribution in [0, 0.1) is 25.2 Å². The average Bonchev–Trinajstić information content (AvgIpc) is 2.31. The number of thioether (sulfide) groups is 1. The summed E-state index contributed by atoms with van der Waals surface area (Å²) in [5, 5.41) is 9.03. The van der Waals surface area contributed by atoms with Crippen molar-refractivity contribution in [3.8, 4) is 6.07 Å². The normalized spacial score (nSPS) is 10.6. The molecule has 0 aliphatic rings. The Balaban J connectivity index is 2.70. The van der Waals surface area contributed by atoms with Crippen molar-refractivity contribution in [2.24, 2.45) is 0 Å². The molecule has 0 spiro atoms. The first kappa shape index (κ1) is 14.5. The quantitative estimate of drug-likeness (QED) is 0.771. The molecule has 0 radical (unpaired) electrons. The average molecular weight is 259 g/mol. The van der Waals surface area contributed by atoms with Crippen LogP contribution in [0.1, 0.15) is 35.6 Å². The monoisotopic (exact) mass is 259 g/mol. The van der Waals surface area contributed by atoms with Gasteiger partial charge in [-0.15, -0.1) is 0 Å². The number of hydrogen-bond donors (Lipinski definition) is 0. The van der Waals surface area contributed by atoms with Gasteiger partial charge >= 0.3 is 0 Å². The maximum absolute atomic E-state index is 10.8. The van der Waals surface area contributed by atoms with Crippen molar-refractivity contribution >= 4 is 23.0 Å². The molecule has 0 bridgehead atoms. The molecule has 0 fully saturated rings. The van der Waals surface area contributed by atoms with Crippen LogP contribution >= 0.6 is 11.8 Å². The molecule has 0 saturated heterocycles. The summed E-state index contributed by atoms with van der Waals surface area (Å²) in [5.74, 6) is 0.820. The highest BCUT2D eigenvalue weighted by atomic mass is 32.2. The Kier molecular flexibility index (Phi) is 5.67. The third-order valence-electron chi connectivity index (χ3n) is 2.60. The van der Waals surface area contributed by atoms with Gasteiger partial charge < -0.3 is 0 Å². The molecule has 0 atom stereocenters. The van der Waals surface area contributed by atoms with Gasteiger partial charge in [-0.3, -0.25) is 4.79 Å². The summed E-state index contributed by atoms with van der Waals surface area (Å²) in [4.78, 5) is 10.8. The number of hydrogen-bond acceptors (Lipinski definition) is 3. The molecular formula is C15H17NOS. The Labute approximate surface area is 113 Å². The maximum atomic E-state index is 10.8. The van der Waals surface area contributed by atoms with Crippen molar-refractivity contribution in [1.29, 1.82) is 5.26 Å². The van der Waals surface area contributed by atoms with Gasteiger partial charge in [-0.25, -0.2) is 0 Å². The molecule has 0 unspecified atom stereocenters. The summed E-state index contributed by atoms with van der Waals surface area (Å²) in [6.07, 6.45) is 5.03. The van der Waals surface area contributed by atoms with E-state index < -0.39 is 0 Å². The topological polar surface area (TPSA) is 40.9 Å². The van der Waals surface area contributed by atoms with Crippen LogP contribution < -0.4 is 0 Å². The number of benzene rings is 1. The molecule has 0 aliphatic heterocycles. The van der Waals surface area contributed by atoms with Gasteiger partial charge in [0.15, 0.2) is 5.12 Å². The largest absolute Gasteiger partial charge is 0.288 e. The molecule has 1 aromatic rings. The minimum absolute atomic E-state index is 0.161. The Morgan fingerprint density at radius 1 is 1.39 bits per heavy atom. The molecule has 0 aliphatic carbocycles. The van der Waals surface area contributed by atoms with E-state index in [0.29, 0.717) is 5.56 Å². The number of nitriles is 1. The van der Waals surface area contributed by atoms with Crippen LogP contribution in [0.25, 0.3) is 6.08 Å². The molecule has 3 heteroatoms. The molecular weight excluding hydrogens is 242 g/mol. The minimum Gasteiger partial charge on any atom is -0.288 e. The lowest BCUT2D eigenvalue weighted by molar-refractivity contribution is -0.109. The second kappa shape index (κ2) is 7.03. The molecule has 94 valence electrons. The molecule has 0 aromatic heterocycles. The highest BCUT2D eigenvalue weighted by Gasteiger charge is 2.01. The summed E-state index contributed by atoms with van der Waals surface area (Å²) >= 11 is 1.35. The zero-order valence-electron chi connectivity index (χ0n) is 11.0. The Bertz CT molecular complexity index is 489. The van der Waals surface area contributed by atoms with E-state index in [0.717, 1.165) is 23.3 Å². The maximum Gasteiger partial charge on any atom is 0.185 e. The van der Waals surface area contributed by atoms with E-state index in [1.807, 2.05) is 26.0 Å². The second-order valence-corrected chi connectivity index (χ2v) is 5.44. The highest BCUT2D eigenvalue weighted by Crippen LogP contribution is 2.18. The second-order valence-electron chi connectivity index (χ2n) is 4.17. The zero-order valence-corrected chi connectivity index (χ0v) is 11.8. The smallest absolute Gasteiger partial charge is 0.185 e. The number of aryl methyl sites for hydroxylation is 2. The first-order valence-electron chi connectivity index (χ1n) is 5.86. The lowest BCUT2D eigenvalue weighted by atomic mass is 9.99. The molecule has 0 heterocycles. The first-order valence-corrected chi connectivity index (χ1v) is 6.84. The molecule has 0 saturated carbocycles. The number of carbonyl (C=O) groups is 1. The minimum atomic E-state index is 0.161. The molecule has 0 amide bonds. The number of allylic oxidation sites excluding steroid dienone is 1. The molecule has 2 nitrogen and oxygen atoms in total. The predicted octanol–water partition coefficient (Wildman–Crippen LogP) is 3.86. The summed E-state index contributed by atoms with van der Waals surface area (Å²) in [6.45, 7) is 5.61. The van der Waals surface area contributed by atoms with Crippen LogP contribution in [-0.2, 0) is 4.79 Å². The van der Waals surface area contributed by atoms with Crippen LogP contribution in [0.4, 0.5) is 0 Å². The van der Waals surface area contributed by atoms with Gasteiger partial charge in [0.25, 0.3) is 0 Å². The number of nitrogens with zero attached hydrogens (tertiary/aromatic N) is 1. The highest BCUT2D eigenvalue weighted by molar-refractivity contribution is 8.13. The zero-order chi connectivity index (χ0) is 13.5. The third-order valence-corrected chi connectivity index (χ3v) is 3.44. The third kappa shape index (κ3) is 4.38. The van der Waals surface area contributed by atoms with Crippen LogP contribution in [0.2, 0.25) is 0 Å². The van der Waals surface area contributed by atoms with Gasteiger partial charge in [-0.05, 0) is 49.1 Å². The predicted molar refractivity (Wildman–Crippen MR) is 77.4 cm³/mol. The van der Waals surface area contributed by atoms with Crippen molar-refractivity contribution < 1.29 is 4.79 Å². The summed E-state index contributed by atoms with van der Waals surface area (Å²) < 4.78 is 0. The molecule has 0 N–H and O–H groups in total. The van der Waals surface area contributed by atoms with Gasteiger partial charge in [0, 0.05) is 12.7 Å². The fourth-order valence-corrected chi connectivity index (χ4v) is 2.32. The lowest BCUT2D eigenvalue weighted by Crippen LogP contribution is -1.89. The van der Waals surface area contributed by atoms with E-state index in [-0.39, 0.29) is 5.12 Å². The lowest BCUT2D eigenvalue weighted by Gasteiger charge is -2.05. The van der Waals surface area contributed by atoms with Crippen molar-refractivity contribution in [2.75, 3.05) is 5.75 Å². The van der Waals surface area contributed by atoms with Crippen LogP contribution in [0.3, 0.4) is 0 Å². The van der Waals surface area contributed by atoms with Crippen molar-refractivity contribution in [3.63, 3.8) is 0 Å². The Hall–Kier alpha value is -1.53. The molecule has 1 rings (SSSR count). The van der Waals surface area contributed by atoms with Gasteiger partial charge in [-0.2, -0.15) is 5.26 Å². The number of rotatable bonds is 4. The molecule has 1 aromatic carbocycles. The van der Waals surface area contributed by atoms with Crippen LogP contribution in [0.15, 0.2) is 18.2 Å². The fraction of sp³-hybridized carbons (Fsp3) is 0.333. The molecule has 18 heavy (non-hydrogen) atoms. The van der Waals surface area contributed by atoms with E-state index in [9.17, 15) is 4.79 Å². The Morgan fingerprint density at radius 2 is 2.00 bits per heavy atom. The standard InChI is InChI=1S/C15H17NOS/c1-11-8-14(10-16)9-12(2)15(11)6-4-5-7-18-13(3)17/h4,6,8-9H,5,7H2,1-3H3. The van der Waals surface area contributed by atoms with E-state index >= 15 is 0 Å². The van der Waals surface area contributed by atoms with E-state index in [4.69, 9.17) is 5.26 Å². The Morgan fingerprint density at radius 3 is 2.50 bits per heavy atom. The van der Waals surface area contributed by atoms with Crippen molar-refractivity contribution in [3.05, 3.63) is 40.5 Å². The van der Waals surface area contributed by atoms with Crippen LogP contribution in [-0.4, -0.2) is 10.9 Å².